The topological polar surface area (TPSA) is 95.6 Å². The SMILES string of the molecule is CNC(=O)c1ccc(CNC(=O)C2CCN(S(=O)(=O)c3cccc(C(F)(F)F)c3)CC2)cc1. The van der Waals surface area contributed by atoms with E-state index in [0.717, 1.165) is 28.1 Å². The van der Waals surface area contributed by atoms with E-state index in [1.165, 1.54) is 7.05 Å². The van der Waals surface area contributed by atoms with E-state index in [4.69, 9.17) is 0 Å². The molecule has 3 rings (SSSR count). The van der Waals surface area contributed by atoms with Crippen LogP contribution in [-0.4, -0.2) is 44.7 Å². The van der Waals surface area contributed by atoms with E-state index in [1.807, 2.05) is 0 Å². The van der Waals surface area contributed by atoms with Crippen molar-refractivity contribution in [2.75, 3.05) is 20.1 Å². The number of piperidine rings is 1. The molecule has 33 heavy (non-hydrogen) atoms. The molecule has 7 nitrogen and oxygen atoms in total. The lowest BCUT2D eigenvalue weighted by Gasteiger charge is -2.30. The summed E-state index contributed by atoms with van der Waals surface area (Å²) in [6, 6.07) is 10.4. The average molecular weight is 484 g/mol. The first kappa shape index (κ1) is 24.7. The molecule has 0 aromatic heterocycles. The molecule has 0 radical (unpaired) electrons. The minimum Gasteiger partial charge on any atom is -0.355 e. The van der Waals surface area contributed by atoms with E-state index >= 15 is 0 Å². The number of halogens is 3. The fraction of sp³-hybridized carbons (Fsp3) is 0.364. The largest absolute Gasteiger partial charge is 0.416 e. The van der Waals surface area contributed by atoms with E-state index in [0.29, 0.717) is 11.6 Å². The molecule has 2 N–H and O–H groups in total. The number of sulfonamides is 1. The molecule has 1 aliphatic heterocycles. The van der Waals surface area contributed by atoms with Crippen molar-refractivity contribution in [1.82, 2.24) is 14.9 Å². The van der Waals surface area contributed by atoms with Crippen LogP contribution in [0.1, 0.15) is 34.3 Å². The van der Waals surface area contributed by atoms with Gasteiger partial charge in [0.05, 0.1) is 10.5 Å². The lowest BCUT2D eigenvalue weighted by Crippen LogP contribution is -2.42. The Kier molecular flexibility index (Phi) is 7.43. The molecule has 11 heteroatoms. The maximum Gasteiger partial charge on any atom is 0.416 e. The molecule has 1 heterocycles. The Bertz CT molecular complexity index is 1110. The number of hydrogen-bond donors (Lipinski definition) is 2. The van der Waals surface area contributed by atoms with Crippen LogP contribution in [0.15, 0.2) is 53.4 Å². The molecule has 0 spiro atoms. The zero-order chi connectivity index (χ0) is 24.2. The fourth-order valence-corrected chi connectivity index (χ4v) is 5.11. The van der Waals surface area contributed by atoms with Gasteiger partial charge in [0.1, 0.15) is 0 Å². The zero-order valence-electron chi connectivity index (χ0n) is 17.9. The maximum absolute atomic E-state index is 12.9. The van der Waals surface area contributed by atoms with Crippen LogP contribution in [0.25, 0.3) is 0 Å². The molecule has 1 aliphatic rings. The van der Waals surface area contributed by atoms with E-state index in [-0.39, 0.29) is 44.3 Å². The molecule has 2 aromatic carbocycles. The number of benzene rings is 2. The van der Waals surface area contributed by atoms with Crippen LogP contribution >= 0.6 is 0 Å². The van der Waals surface area contributed by atoms with Crippen LogP contribution in [0.5, 0.6) is 0 Å². The lowest BCUT2D eigenvalue weighted by atomic mass is 9.97. The second kappa shape index (κ2) is 9.92. The minimum absolute atomic E-state index is 0.0392. The van der Waals surface area contributed by atoms with E-state index in [2.05, 4.69) is 10.6 Å². The highest BCUT2D eigenvalue weighted by Gasteiger charge is 2.35. The highest BCUT2D eigenvalue weighted by Crippen LogP contribution is 2.32. The average Bonchev–Trinajstić information content (AvgIpc) is 2.82. The van der Waals surface area contributed by atoms with Crippen molar-refractivity contribution in [3.63, 3.8) is 0 Å². The third-order valence-corrected chi connectivity index (χ3v) is 7.43. The second-order valence-electron chi connectivity index (χ2n) is 7.70. The summed E-state index contributed by atoms with van der Waals surface area (Å²) in [5.41, 5.74) is 0.281. The van der Waals surface area contributed by atoms with Gasteiger partial charge < -0.3 is 10.6 Å². The molecule has 178 valence electrons. The Morgan fingerprint density at radius 2 is 1.70 bits per heavy atom. The summed E-state index contributed by atoms with van der Waals surface area (Å²) < 4.78 is 65.5. The van der Waals surface area contributed by atoms with E-state index < -0.39 is 32.6 Å². The van der Waals surface area contributed by atoms with Crippen molar-refractivity contribution in [2.45, 2.75) is 30.5 Å². The van der Waals surface area contributed by atoms with Crippen molar-refractivity contribution in [2.24, 2.45) is 5.92 Å². The standard InChI is InChI=1S/C22H24F3N3O4S/c1-26-20(29)16-7-5-15(6-8-16)14-27-21(30)17-9-11-28(12-10-17)33(31,32)19-4-2-3-18(13-19)22(23,24)25/h2-8,13,17H,9-12,14H2,1H3,(H,26,29)(H,27,30). The van der Waals surface area contributed by atoms with Gasteiger partial charge in [-0.3, -0.25) is 9.59 Å². The molecule has 0 aliphatic carbocycles. The number of hydrogen-bond acceptors (Lipinski definition) is 4. The summed E-state index contributed by atoms with van der Waals surface area (Å²) in [7, 11) is -2.56. The van der Waals surface area contributed by atoms with E-state index in [1.54, 1.807) is 24.3 Å². The summed E-state index contributed by atoms with van der Waals surface area (Å²) in [4.78, 5) is 23.7. The molecular weight excluding hydrogens is 459 g/mol. The van der Waals surface area contributed by atoms with Crippen LogP contribution in [0.2, 0.25) is 0 Å². The molecular formula is C22H24F3N3O4S. The number of nitrogens with zero attached hydrogens (tertiary/aromatic N) is 1. The first-order chi connectivity index (χ1) is 15.5. The third-order valence-electron chi connectivity index (χ3n) is 5.53. The predicted molar refractivity (Wildman–Crippen MR) is 115 cm³/mol. The van der Waals surface area contributed by atoms with E-state index in [9.17, 15) is 31.2 Å². The van der Waals surface area contributed by atoms with Crippen LogP contribution in [-0.2, 0) is 27.5 Å². The van der Waals surface area contributed by atoms with Gasteiger partial charge in [0.15, 0.2) is 0 Å². The number of alkyl halides is 3. The number of rotatable bonds is 6. The molecule has 1 fully saturated rings. The number of amides is 2. The third kappa shape index (κ3) is 5.91. The van der Waals surface area contributed by atoms with Crippen LogP contribution in [0.4, 0.5) is 13.2 Å². The summed E-state index contributed by atoms with van der Waals surface area (Å²) in [5, 5.41) is 5.33. The smallest absolute Gasteiger partial charge is 0.355 e. The Balaban J connectivity index is 1.56. The van der Waals surface area contributed by atoms with Crippen LogP contribution in [0.3, 0.4) is 0 Å². The van der Waals surface area contributed by atoms with Crippen molar-refractivity contribution in [3.8, 4) is 0 Å². The van der Waals surface area contributed by atoms with Crippen LogP contribution < -0.4 is 10.6 Å². The van der Waals surface area contributed by atoms with Crippen LogP contribution in [0, 0.1) is 5.92 Å². The van der Waals surface area contributed by atoms with Gasteiger partial charge in [-0.1, -0.05) is 18.2 Å². The summed E-state index contributed by atoms with van der Waals surface area (Å²) in [6.07, 6.45) is -4.11. The maximum atomic E-state index is 12.9. The Labute approximate surface area is 190 Å². The fourth-order valence-electron chi connectivity index (χ4n) is 3.59. The summed E-state index contributed by atoms with van der Waals surface area (Å²) in [5.74, 6) is -0.831. The van der Waals surface area contributed by atoms with Crippen molar-refractivity contribution in [1.29, 1.82) is 0 Å². The highest BCUT2D eigenvalue weighted by atomic mass is 32.2. The molecule has 1 saturated heterocycles. The minimum atomic E-state index is -4.64. The molecule has 2 amide bonds. The lowest BCUT2D eigenvalue weighted by molar-refractivity contribution is -0.137. The first-order valence-electron chi connectivity index (χ1n) is 10.3. The number of nitrogens with one attached hydrogen (secondary N) is 2. The molecule has 0 bridgehead atoms. The molecule has 2 aromatic rings. The zero-order valence-corrected chi connectivity index (χ0v) is 18.7. The van der Waals surface area contributed by atoms with Crippen molar-refractivity contribution < 1.29 is 31.2 Å². The molecule has 0 unspecified atom stereocenters. The van der Waals surface area contributed by atoms with Crippen molar-refractivity contribution in [3.05, 3.63) is 65.2 Å². The predicted octanol–water partition coefficient (Wildman–Crippen LogP) is 2.78. The quantitative estimate of drug-likeness (QED) is 0.661. The van der Waals surface area contributed by atoms with Gasteiger partial charge in [-0.25, -0.2) is 8.42 Å². The van der Waals surface area contributed by atoms with Gasteiger partial charge in [0.2, 0.25) is 15.9 Å². The van der Waals surface area contributed by atoms with Gasteiger partial charge in [0.25, 0.3) is 5.91 Å². The van der Waals surface area contributed by atoms with Gasteiger partial charge in [0, 0.05) is 38.2 Å². The Morgan fingerprint density at radius 1 is 1.06 bits per heavy atom. The number of carbonyl (C=O) groups excluding carboxylic acids is 2. The molecule has 0 atom stereocenters. The summed E-state index contributed by atoms with van der Waals surface area (Å²) >= 11 is 0. The first-order valence-corrected chi connectivity index (χ1v) is 11.7. The summed E-state index contributed by atoms with van der Waals surface area (Å²) in [6.45, 7) is 0.338. The highest BCUT2D eigenvalue weighted by molar-refractivity contribution is 7.89. The Morgan fingerprint density at radius 3 is 2.27 bits per heavy atom. The normalized spacial score (nSPS) is 15.8. The van der Waals surface area contributed by atoms with Gasteiger partial charge in [-0.15, -0.1) is 0 Å². The Hall–Kier alpha value is -2.92. The second-order valence-corrected chi connectivity index (χ2v) is 9.64. The molecule has 0 saturated carbocycles. The van der Waals surface area contributed by atoms with Crippen molar-refractivity contribution >= 4 is 21.8 Å². The number of carbonyl (C=O) groups is 2. The van der Waals surface area contributed by atoms with Gasteiger partial charge in [-0.05, 0) is 48.7 Å². The monoisotopic (exact) mass is 483 g/mol. The van der Waals surface area contributed by atoms with Gasteiger partial charge in [-0.2, -0.15) is 17.5 Å². The van der Waals surface area contributed by atoms with Gasteiger partial charge >= 0.3 is 6.18 Å².